The molecule has 1 aromatic carbocycles. The Morgan fingerprint density at radius 3 is 2.44 bits per heavy atom. The monoisotopic (exact) mass is 549 g/mol. The lowest BCUT2D eigenvalue weighted by atomic mass is 9.66. The zero-order chi connectivity index (χ0) is 27.9. The van der Waals surface area contributed by atoms with Gasteiger partial charge in [-0.2, -0.15) is 0 Å². The van der Waals surface area contributed by atoms with Gasteiger partial charge in [0.25, 0.3) is 5.91 Å². The zero-order valence-corrected chi connectivity index (χ0v) is 22.8. The second-order valence-corrected chi connectivity index (χ2v) is 12.2. The molecule has 208 valence electrons. The van der Waals surface area contributed by atoms with Gasteiger partial charge >= 0.3 is 5.97 Å². The van der Waals surface area contributed by atoms with E-state index in [1.165, 1.54) is 24.5 Å². The molecular formula is C31H31N7O3. The molecule has 4 saturated heterocycles. The Morgan fingerprint density at radius 1 is 0.951 bits per heavy atom. The average Bonchev–Trinajstić information content (AvgIpc) is 3.77. The van der Waals surface area contributed by atoms with Crippen molar-refractivity contribution < 1.29 is 14.7 Å². The van der Waals surface area contributed by atoms with Gasteiger partial charge in [0, 0.05) is 56.0 Å². The van der Waals surface area contributed by atoms with E-state index in [1.807, 2.05) is 24.1 Å². The number of hydrogen-bond acceptors (Lipinski definition) is 7. The fourth-order valence-corrected chi connectivity index (χ4v) is 7.65. The van der Waals surface area contributed by atoms with Gasteiger partial charge in [-0.1, -0.05) is 36.4 Å². The first-order valence-electron chi connectivity index (χ1n) is 14.3. The minimum Gasteiger partial charge on any atom is -0.477 e. The van der Waals surface area contributed by atoms with Crippen LogP contribution < -0.4 is 9.80 Å². The van der Waals surface area contributed by atoms with E-state index >= 15 is 0 Å². The Balaban J connectivity index is 0.975. The summed E-state index contributed by atoms with van der Waals surface area (Å²) >= 11 is 0. The summed E-state index contributed by atoms with van der Waals surface area (Å²) in [5, 5.41) is 13.9. The number of aromatic nitrogens is 4. The smallest absolute Gasteiger partial charge is 0.354 e. The fourth-order valence-electron chi connectivity index (χ4n) is 7.65. The molecule has 2 unspecified atom stereocenters. The quantitative estimate of drug-likeness (QED) is 0.404. The molecule has 9 rings (SSSR count). The third kappa shape index (κ3) is 3.80. The largest absolute Gasteiger partial charge is 0.477 e. The summed E-state index contributed by atoms with van der Waals surface area (Å²) in [5.74, 6) is 0.364. The number of carboxylic acid groups (broad SMARTS) is 1. The number of pyridine rings is 2. The number of carbonyl (C=O) groups excluding carboxylic acids is 1. The van der Waals surface area contributed by atoms with Crippen LogP contribution in [0.2, 0.25) is 0 Å². The third-order valence-electron chi connectivity index (χ3n) is 9.73. The molecule has 5 aliphatic rings. The van der Waals surface area contributed by atoms with Crippen molar-refractivity contribution in [2.75, 3.05) is 42.5 Å². The minimum atomic E-state index is -1.03. The van der Waals surface area contributed by atoms with E-state index in [1.54, 1.807) is 10.6 Å². The van der Waals surface area contributed by atoms with Crippen LogP contribution >= 0.6 is 0 Å². The van der Waals surface area contributed by atoms with Crippen LogP contribution in [0, 0.1) is 18.8 Å². The average molecular weight is 550 g/mol. The topological polar surface area (TPSA) is 107 Å². The summed E-state index contributed by atoms with van der Waals surface area (Å²) in [4.78, 5) is 40.3. The van der Waals surface area contributed by atoms with Crippen LogP contribution in [0.3, 0.4) is 0 Å². The van der Waals surface area contributed by atoms with Crippen molar-refractivity contribution in [1.29, 1.82) is 0 Å². The van der Waals surface area contributed by atoms with E-state index in [2.05, 4.69) is 61.3 Å². The van der Waals surface area contributed by atoms with Gasteiger partial charge in [0.1, 0.15) is 5.82 Å². The van der Waals surface area contributed by atoms with E-state index < -0.39 is 5.97 Å². The standard InChI is InChI=1S/C31H31N7O3/c1-19-10-23(37-18-31(11-24(37)12-31)22-6-3-2-4-7-22)17-38-28(19)33-27(34-38)29(39)36-15-20-13-35(14-21(20)16-36)26-9-5-8-25(32-26)30(40)41/h2-10,17,20-21,24H,11-16,18H2,1H3,(H,40,41). The van der Waals surface area contributed by atoms with Crippen LogP contribution in [0.15, 0.2) is 60.8 Å². The maximum Gasteiger partial charge on any atom is 0.354 e. The molecule has 1 aliphatic carbocycles. The van der Waals surface area contributed by atoms with E-state index in [-0.39, 0.29) is 22.8 Å². The Labute approximate surface area is 237 Å². The number of aryl methyl sites for hydroxylation is 1. The molecule has 0 radical (unpaired) electrons. The van der Waals surface area contributed by atoms with Gasteiger partial charge in [0.2, 0.25) is 5.82 Å². The number of aromatic carboxylic acids is 1. The summed E-state index contributed by atoms with van der Waals surface area (Å²) in [5.41, 5.74) is 4.57. The Bertz CT molecular complexity index is 1680. The van der Waals surface area contributed by atoms with Gasteiger partial charge in [0.05, 0.1) is 11.9 Å². The highest BCUT2D eigenvalue weighted by Crippen LogP contribution is 2.54. The summed E-state index contributed by atoms with van der Waals surface area (Å²) in [6.07, 6.45) is 4.37. The molecule has 0 spiro atoms. The molecule has 2 bridgehead atoms. The number of fused-ring (bicyclic) bond motifs is 3. The van der Waals surface area contributed by atoms with Crippen molar-refractivity contribution in [2.45, 2.75) is 31.2 Å². The first kappa shape index (κ1) is 24.3. The zero-order valence-electron chi connectivity index (χ0n) is 22.8. The normalized spacial score (nSPS) is 26.5. The predicted molar refractivity (Wildman–Crippen MR) is 153 cm³/mol. The summed E-state index contributed by atoms with van der Waals surface area (Å²) in [7, 11) is 0. The highest BCUT2D eigenvalue weighted by atomic mass is 16.4. The second kappa shape index (κ2) is 8.76. The van der Waals surface area contributed by atoms with Gasteiger partial charge in [0.15, 0.2) is 11.3 Å². The van der Waals surface area contributed by atoms with E-state index in [0.717, 1.165) is 36.5 Å². The van der Waals surface area contributed by atoms with Crippen molar-refractivity contribution in [3.05, 3.63) is 83.4 Å². The summed E-state index contributed by atoms with van der Waals surface area (Å²) < 4.78 is 1.78. The maximum atomic E-state index is 13.5. The van der Waals surface area contributed by atoms with Gasteiger partial charge in [-0.25, -0.2) is 19.3 Å². The van der Waals surface area contributed by atoms with Crippen LogP contribution in [0.1, 0.15) is 45.1 Å². The van der Waals surface area contributed by atoms with Gasteiger partial charge in [-0.15, -0.1) is 5.10 Å². The lowest BCUT2D eigenvalue weighted by Crippen LogP contribution is -2.38. The molecule has 10 nitrogen and oxygen atoms in total. The Kier molecular flexibility index (Phi) is 5.20. The molecule has 2 atom stereocenters. The summed E-state index contributed by atoms with van der Waals surface area (Å²) in [6, 6.07) is 18.6. The van der Waals surface area contributed by atoms with Gasteiger partial charge in [-0.05, 0) is 49.1 Å². The molecule has 1 amide bonds. The van der Waals surface area contributed by atoms with Crippen LogP contribution in [0.5, 0.6) is 0 Å². The number of rotatable bonds is 5. The van der Waals surface area contributed by atoms with Gasteiger partial charge in [-0.3, -0.25) is 4.79 Å². The molecule has 10 heteroatoms. The number of anilines is 2. The number of likely N-dealkylation sites (tertiary alicyclic amines) is 1. The maximum absolute atomic E-state index is 13.5. The number of benzene rings is 1. The van der Waals surface area contributed by atoms with Crippen molar-refractivity contribution in [3.8, 4) is 0 Å². The SMILES string of the molecule is Cc1cc(N2CC3(c4ccccc4)CC2C3)cn2nc(C(=O)N3CC4CN(c5cccc(C(=O)O)n5)CC4C3)nc12. The first-order chi connectivity index (χ1) is 19.9. The first-order valence-corrected chi connectivity index (χ1v) is 14.3. The lowest BCUT2D eigenvalue weighted by molar-refractivity contribution is 0.0689. The summed E-state index contributed by atoms with van der Waals surface area (Å²) in [6.45, 7) is 5.79. The van der Waals surface area contributed by atoms with Crippen LogP contribution in [0.4, 0.5) is 11.5 Å². The number of nitrogens with zero attached hydrogens (tertiary/aromatic N) is 7. The molecule has 4 aromatic rings. The van der Waals surface area contributed by atoms with Crippen molar-refractivity contribution in [1.82, 2.24) is 24.5 Å². The number of amides is 1. The fraction of sp³-hybridized carbons (Fsp3) is 0.387. The molecule has 4 aliphatic heterocycles. The third-order valence-corrected chi connectivity index (χ3v) is 9.73. The highest BCUT2D eigenvalue weighted by Gasteiger charge is 2.56. The second-order valence-electron chi connectivity index (χ2n) is 12.2. The van der Waals surface area contributed by atoms with Crippen molar-refractivity contribution in [3.63, 3.8) is 0 Å². The van der Waals surface area contributed by atoms with E-state index in [9.17, 15) is 14.7 Å². The van der Waals surface area contributed by atoms with E-state index in [4.69, 9.17) is 0 Å². The number of carbonyl (C=O) groups is 2. The highest BCUT2D eigenvalue weighted by molar-refractivity contribution is 5.91. The lowest BCUT2D eigenvalue weighted by Gasteiger charge is -2.37. The van der Waals surface area contributed by atoms with Crippen LogP contribution in [-0.4, -0.2) is 80.2 Å². The van der Waals surface area contributed by atoms with Crippen molar-refractivity contribution in [2.24, 2.45) is 11.8 Å². The number of carboxylic acids is 1. The van der Waals surface area contributed by atoms with Crippen LogP contribution in [-0.2, 0) is 5.41 Å². The molecule has 41 heavy (non-hydrogen) atoms. The molecule has 1 N–H and O–H groups in total. The van der Waals surface area contributed by atoms with E-state index in [0.29, 0.717) is 36.8 Å². The Morgan fingerprint density at radius 2 is 1.71 bits per heavy atom. The minimum absolute atomic E-state index is 0.0464. The van der Waals surface area contributed by atoms with Crippen LogP contribution in [0.25, 0.3) is 5.65 Å². The number of hydrogen-bond donors (Lipinski definition) is 1. The molecule has 1 saturated carbocycles. The molecular weight excluding hydrogens is 518 g/mol. The Hall–Kier alpha value is -4.47. The van der Waals surface area contributed by atoms with Crippen molar-refractivity contribution >= 4 is 29.0 Å². The molecule has 5 fully saturated rings. The van der Waals surface area contributed by atoms with Gasteiger partial charge < -0.3 is 19.8 Å². The molecule has 7 heterocycles. The predicted octanol–water partition coefficient (Wildman–Crippen LogP) is 3.26. The molecule has 3 aromatic heterocycles.